The number of nitrogens with one attached hydrogen (secondary N) is 1. The molecule has 1 N–H and O–H groups in total. The van der Waals surface area contributed by atoms with E-state index in [1.807, 2.05) is 0 Å². The zero-order valence-corrected chi connectivity index (χ0v) is 11.8. The van der Waals surface area contributed by atoms with Gasteiger partial charge in [-0.2, -0.15) is 13.2 Å². The van der Waals surface area contributed by atoms with Crippen molar-refractivity contribution in [3.8, 4) is 0 Å². The first-order valence-corrected chi connectivity index (χ1v) is 6.58. The molecule has 2 rings (SSSR count). The van der Waals surface area contributed by atoms with E-state index >= 15 is 0 Å². The Morgan fingerprint density at radius 2 is 2.00 bits per heavy atom. The maximum atomic E-state index is 13.1. The molecule has 0 aliphatic carbocycles. The Hall–Kier alpha value is -1.60. The van der Waals surface area contributed by atoms with E-state index < -0.39 is 23.9 Å². The summed E-state index contributed by atoms with van der Waals surface area (Å²) in [5, 5.41) is 2.91. The van der Waals surface area contributed by atoms with Crippen molar-refractivity contribution >= 4 is 5.91 Å². The summed E-state index contributed by atoms with van der Waals surface area (Å²) in [7, 11) is 1.48. The number of rotatable bonds is 4. The number of halogens is 3. The predicted molar refractivity (Wildman–Crippen MR) is 70.4 cm³/mol. The van der Waals surface area contributed by atoms with Crippen LogP contribution in [0, 0.1) is 0 Å². The highest BCUT2D eigenvalue weighted by Crippen LogP contribution is 2.37. The molecule has 116 valence electrons. The first kappa shape index (κ1) is 15.8. The van der Waals surface area contributed by atoms with E-state index in [2.05, 4.69) is 5.32 Å². The molecule has 1 aromatic carbocycles. The van der Waals surface area contributed by atoms with Crippen molar-refractivity contribution in [3.05, 3.63) is 35.4 Å². The second kappa shape index (κ2) is 6.03. The molecule has 1 fully saturated rings. The summed E-state index contributed by atoms with van der Waals surface area (Å²) in [6.45, 7) is 2.15. The zero-order valence-electron chi connectivity index (χ0n) is 11.8. The first-order valence-electron chi connectivity index (χ1n) is 6.58. The van der Waals surface area contributed by atoms with Crippen LogP contribution in [-0.4, -0.2) is 37.1 Å². The molecular formula is C14H17F3N2O2. The van der Waals surface area contributed by atoms with Crippen LogP contribution in [0.3, 0.4) is 0 Å². The molecule has 2 unspecified atom stereocenters. The van der Waals surface area contributed by atoms with Crippen molar-refractivity contribution in [1.82, 2.24) is 10.2 Å². The van der Waals surface area contributed by atoms with Crippen LogP contribution in [0.2, 0.25) is 0 Å². The largest absolute Gasteiger partial charge is 0.416 e. The highest BCUT2D eigenvalue weighted by molar-refractivity contribution is 5.84. The summed E-state index contributed by atoms with van der Waals surface area (Å²) < 4.78 is 44.3. The van der Waals surface area contributed by atoms with Gasteiger partial charge in [-0.05, 0) is 13.0 Å². The third-order valence-corrected chi connectivity index (χ3v) is 3.47. The van der Waals surface area contributed by atoms with Gasteiger partial charge in [-0.25, -0.2) is 0 Å². The number of carbonyl (C=O) groups excluding carboxylic acids is 1. The molecule has 1 aromatic rings. The maximum absolute atomic E-state index is 13.1. The number of nitrogens with zero attached hydrogens (tertiary/aromatic N) is 1. The van der Waals surface area contributed by atoms with Gasteiger partial charge in [-0.1, -0.05) is 18.2 Å². The zero-order chi connectivity index (χ0) is 15.6. The van der Waals surface area contributed by atoms with Crippen LogP contribution in [0.25, 0.3) is 0 Å². The summed E-state index contributed by atoms with van der Waals surface area (Å²) in [6.07, 6.45) is -5.25. The Morgan fingerprint density at radius 1 is 1.33 bits per heavy atom. The monoisotopic (exact) mass is 302 g/mol. The summed E-state index contributed by atoms with van der Waals surface area (Å²) in [4.78, 5) is 13.5. The Kier molecular flexibility index (Phi) is 4.53. The van der Waals surface area contributed by atoms with Crippen molar-refractivity contribution in [1.29, 1.82) is 0 Å². The Balaban J connectivity index is 2.38. The van der Waals surface area contributed by atoms with Crippen LogP contribution in [0.1, 0.15) is 24.2 Å². The summed E-state index contributed by atoms with van der Waals surface area (Å²) >= 11 is 0. The SMILES string of the molecule is COCCN1C(=O)C(C)NC1c1ccccc1C(F)(F)F. The molecule has 0 aromatic heterocycles. The van der Waals surface area contributed by atoms with Gasteiger partial charge in [-0.3, -0.25) is 10.1 Å². The van der Waals surface area contributed by atoms with E-state index in [9.17, 15) is 18.0 Å². The van der Waals surface area contributed by atoms with Gasteiger partial charge in [0.1, 0.15) is 6.17 Å². The standard InChI is InChI=1S/C14H17F3N2O2/c1-9-13(20)19(7-8-21-2)12(18-9)10-5-3-4-6-11(10)14(15,16)17/h3-6,9,12,18H,7-8H2,1-2H3. The Bertz CT molecular complexity index is 519. The van der Waals surface area contributed by atoms with Gasteiger partial charge in [0, 0.05) is 19.2 Å². The van der Waals surface area contributed by atoms with Gasteiger partial charge in [-0.15, -0.1) is 0 Å². The second-order valence-electron chi connectivity index (χ2n) is 4.90. The van der Waals surface area contributed by atoms with Gasteiger partial charge >= 0.3 is 6.18 Å². The van der Waals surface area contributed by atoms with Gasteiger partial charge in [0.15, 0.2) is 0 Å². The van der Waals surface area contributed by atoms with E-state index in [1.54, 1.807) is 6.92 Å². The van der Waals surface area contributed by atoms with E-state index in [0.717, 1.165) is 6.07 Å². The number of methoxy groups -OCH3 is 1. The summed E-state index contributed by atoms with van der Waals surface area (Å²) in [6, 6.07) is 4.78. The lowest BCUT2D eigenvalue weighted by molar-refractivity contribution is -0.139. The average Bonchev–Trinajstić information content (AvgIpc) is 2.71. The lowest BCUT2D eigenvalue weighted by Gasteiger charge is -2.26. The lowest BCUT2D eigenvalue weighted by Crippen LogP contribution is -2.34. The number of hydrogen-bond donors (Lipinski definition) is 1. The first-order chi connectivity index (χ1) is 9.86. The highest BCUT2D eigenvalue weighted by Gasteiger charge is 2.42. The van der Waals surface area contributed by atoms with Gasteiger partial charge in [0.25, 0.3) is 0 Å². The Morgan fingerprint density at radius 3 is 2.62 bits per heavy atom. The third kappa shape index (κ3) is 3.19. The van der Waals surface area contributed by atoms with Crippen molar-refractivity contribution in [2.45, 2.75) is 25.3 Å². The van der Waals surface area contributed by atoms with Crippen LogP contribution in [0.5, 0.6) is 0 Å². The maximum Gasteiger partial charge on any atom is 0.416 e. The molecule has 0 saturated carbocycles. The number of benzene rings is 1. The molecule has 7 heteroatoms. The molecule has 0 spiro atoms. The molecular weight excluding hydrogens is 285 g/mol. The normalized spacial score (nSPS) is 22.9. The van der Waals surface area contributed by atoms with Gasteiger partial charge in [0.2, 0.25) is 5.91 Å². The topological polar surface area (TPSA) is 41.6 Å². The number of ether oxygens (including phenoxy) is 1. The smallest absolute Gasteiger partial charge is 0.383 e. The lowest BCUT2D eigenvalue weighted by atomic mass is 10.0. The quantitative estimate of drug-likeness (QED) is 0.927. The fourth-order valence-electron chi connectivity index (χ4n) is 2.45. The van der Waals surface area contributed by atoms with Crippen LogP contribution < -0.4 is 5.32 Å². The number of amides is 1. The number of hydrogen-bond acceptors (Lipinski definition) is 3. The molecule has 21 heavy (non-hydrogen) atoms. The molecule has 1 heterocycles. The van der Waals surface area contributed by atoms with E-state index in [4.69, 9.17) is 4.74 Å². The molecule has 1 aliphatic rings. The number of carbonyl (C=O) groups is 1. The number of alkyl halides is 3. The molecule has 0 bridgehead atoms. The summed E-state index contributed by atoms with van der Waals surface area (Å²) in [5.41, 5.74) is -0.675. The molecule has 4 nitrogen and oxygen atoms in total. The van der Waals surface area contributed by atoms with Crippen LogP contribution in [0.4, 0.5) is 13.2 Å². The minimum Gasteiger partial charge on any atom is -0.383 e. The molecule has 1 amide bonds. The van der Waals surface area contributed by atoms with Gasteiger partial charge < -0.3 is 9.64 Å². The second-order valence-corrected chi connectivity index (χ2v) is 4.90. The molecule has 2 atom stereocenters. The fraction of sp³-hybridized carbons (Fsp3) is 0.500. The fourth-order valence-corrected chi connectivity index (χ4v) is 2.45. The third-order valence-electron chi connectivity index (χ3n) is 3.47. The molecule has 1 saturated heterocycles. The Labute approximate surface area is 120 Å². The van der Waals surface area contributed by atoms with E-state index in [1.165, 1.54) is 30.2 Å². The van der Waals surface area contributed by atoms with Crippen molar-refractivity contribution in [2.75, 3.05) is 20.3 Å². The van der Waals surface area contributed by atoms with Crippen LogP contribution >= 0.6 is 0 Å². The van der Waals surface area contributed by atoms with Gasteiger partial charge in [0.05, 0.1) is 18.2 Å². The highest BCUT2D eigenvalue weighted by atomic mass is 19.4. The molecule has 1 aliphatic heterocycles. The molecule has 0 radical (unpaired) electrons. The van der Waals surface area contributed by atoms with Crippen molar-refractivity contribution in [3.63, 3.8) is 0 Å². The summed E-state index contributed by atoms with van der Waals surface area (Å²) in [5.74, 6) is -0.228. The van der Waals surface area contributed by atoms with Crippen LogP contribution in [-0.2, 0) is 15.7 Å². The van der Waals surface area contributed by atoms with Crippen molar-refractivity contribution in [2.24, 2.45) is 0 Å². The predicted octanol–water partition coefficient (Wildman–Crippen LogP) is 2.17. The minimum absolute atomic E-state index is 0.0544. The van der Waals surface area contributed by atoms with E-state index in [0.29, 0.717) is 0 Å². The van der Waals surface area contributed by atoms with Crippen molar-refractivity contribution < 1.29 is 22.7 Å². The minimum atomic E-state index is -4.46. The average molecular weight is 302 g/mol. The van der Waals surface area contributed by atoms with Crippen LogP contribution in [0.15, 0.2) is 24.3 Å². The van der Waals surface area contributed by atoms with E-state index in [-0.39, 0.29) is 24.6 Å².